The number of fused-ring (bicyclic) bond motifs is 2. The lowest BCUT2D eigenvalue weighted by Gasteiger charge is -2.46. The van der Waals surface area contributed by atoms with Crippen LogP contribution in [0.1, 0.15) is 23.6 Å². The molecular weight excluding hydrogens is 628 g/mol. The first-order valence-electron chi connectivity index (χ1n) is 15.5. The molecule has 2 aromatic heterocycles. The smallest absolute Gasteiger partial charge is 0.273 e. The number of ether oxygens (including phenoxy) is 2. The fraction of sp³-hybridized carbons (Fsp3) is 0.222. The zero-order chi connectivity index (χ0) is 33.5. The van der Waals surface area contributed by atoms with Crippen molar-refractivity contribution in [3.8, 4) is 17.6 Å². The monoisotopic (exact) mass is 660 g/mol. The normalized spacial score (nSPS) is 18.1. The van der Waals surface area contributed by atoms with E-state index >= 15 is 4.79 Å². The quantitative estimate of drug-likeness (QED) is 0.231. The maximum Gasteiger partial charge on any atom is 0.273 e. The molecule has 242 valence electrons. The molecule has 0 radical (unpaired) electrons. The van der Waals surface area contributed by atoms with E-state index < -0.39 is 21.5 Å². The molecule has 0 saturated carbocycles. The van der Waals surface area contributed by atoms with Crippen molar-refractivity contribution in [2.75, 3.05) is 49.1 Å². The van der Waals surface area contributed by atoms with E-state index in [0.29, 0.717) is 60.8 Å². The molecule has 1 amide bonds. The molecule has 7 rings (SSSR count). The van der Waals surface area contributed by atoms with E-state index in [2.05, 4.69) is 20.9 Å². The van der Waals surface area contributed by atoms with Crippen LogP contribution in [-0.2, 0) is 20.4 Å². The number of nitriles is 1. The van der Waals surface area contributed by atoms with E-state index in [1.54, 1.807) is 60.9 Å². The Bertz CT molecular complexity index is 2180. The van der Waals surface area contributed by atoms with Crippen LogP contribution >= 0.6 is 0 Å². The molecule has 3 aromatic carbocycles. The van der Waals surface area contributed by atoms with Crippen molar-refractivity contribution in [1.82, 2.24) is 14.9 Å². The van der Waals surface area contributed by atoms with Gasteiger partial charge >= 0.3 is 0 Å². The number of hydrogen-bond donors (Lipinski definition) is 0. The molecule has 0 bridgehead atoms. The molecule has 2 aliphatic heterocycles. The molecule has 5 aromatic rings. The number of carbonyl (C=O) groups is 1. The molecule has 12 heteroatoms. The number of piperazine rings is 1. The van der Waals surface area contributed by atoms with E-state index in [9.17, 15) is 13.7 Å². The van der Waals surface area contributed by atoms with Crippen molar-refractivity contribution >= 4 is 38.2 Å². The molecule has 1 unspecified atom stereocenters. The predicted octanol–water partition coefficient (Wildman–Crippen LogP) is 4.71. The minimum atomic E-state index is -4.54. The Morgan fingerprint density at radius 2 is 1.69 bits per heavy atom. The molecule has 0 N–H and O–H groups in total. The number of carbonyl (C=O) groups excluding carboxylic acids is 1. The molecule has 0 aliphatic carbocycles. The number of aromatic nitrogens is 2. The van der Waals surface area contributed by atoms with Gasteiger partial charge in [-0.25, -0.2) is 12.7 Å². The number of pyridine rings is 2. The summed E-state index contributed by atoms with van der Waals surface area (Å²) in [6.45, 7) is 4.00. The van der Waals surface area contributed by atoms with Crippen LogP contribution in [0.15, 0.2) is 102 Å². The van der Waals surface area contributed by atoms with Crippen molar-refractivity contribution in [2.45, 2.75) is 17.4 Å². The first kappa shape index (κ1) is 31.1. The lowest BCUT2D eigenvalue weighted by Crippen LogP contribution is -2.60. The molecule has 1 fully saturated rings. The summed E-state index contributed by atoms with van der Waals surface area (Å²) in [5.41, 5.74) is 0.792. The number of benzene rings is 3. The maximum absolute atomic E-state index is 15.5. The molecule has 0 spiro atoms. The van der Waals surface area contributed by atoms with Gasteiger partial charge in [-0.05, 0) is 67.6 Å². The van der Waals surface area contributed by atoms with Crippen LogP contribution in [0, 0.1) is 11.3 Å². The van der Waals surface area contributed by atoms with Gasteiger partial charge in [-0.3, -0.25) is 19.7 Å². The van der Waals surface area contributed by atoms with Crippen molar-refractivity contribution in [2.24, 2.45) is 0 Å². The SMILES string of the molecule is CCOc1ccc(OC)cc1C1(N2CCN(c3ccncc3)CC2)C(=O)N(S(=O)(=O)c2cccc3cccnc23)c2ccc(C#N)cc21. The highest BCUT2D eigenvalue weighted by atomic mass is 32.2. The predicted molar refractivity (Wildman–Crippen MR) is 181 cm³/mol. The highest BCUT2D eigenvalue weighted by Gasteiger charge is 2.61. The third-order valence-corrected chi connectivity index (χ3v) is 10.7. The molecule has 4 heterocycles. The summed E-state index contributed by atoms with van der Waals surface area (Å²) in [5.74, 6) is 0.170. The summed E-state index contributed by atoms with van der Waals surface area (Å²) < 4.78 is 42.4. The van der Waals surface area contributed by atoms with Crippen LogP contribution in [0.4, 0.5) is 11.4 Å². The van der Waals surface area contributed by atoms with Gasteiger partial charge in [-0.15, -0.1) is 0 Å². The largest absolute Gasteiger partial charge is 0.497 e. The van der Waals surface area contributed by atoms with Crippen LogP contribution in [0.3, 0.4) is 0 Å². The Hall–Kier alpha value is -5.51. The van der Waals surface area contributed by atoms with Crippen LogP contribution in [0.5, 0.6) is 11.5 Å². The van der Waals surface area contributed by atoms with Crippen LogP contribution < -0.4 is 18.7 Å². The lowest BCUT2D eigenvalue weighted by molar-refractivity contribution is -0.127. The van der Waals surface area contributed by atoms with E-state index in [4.69, 9.17) is 9.47 Å². The highest BCUT2D eigenvalue weighted by molar-refractivity contribution is 7.93. The molecule has 48 heavy (non-hydrogen) atoms. The van der Waals surface area contributed by atoms with Gasteiger partial charge in [-0.1, -0.05) is 18.2 Å². The second-order valence-electron chi connectivity index (χ2n) is 11.4. The third kappa shape index (κ3) is 4.82. The van der Waals surface area contributed by atoms with Gasteiger partial charge in [0.05, 0.1) is 36.6 Å². The summed E-state index contributed by atoms with van der Waals surface area (Å²) in [6, 6.07) is 24.3. The summed E-state index contributed by atoms with van der Waals surface area (Å²) in [7, 11) is -3.01. The van der Waals surface area contributed by atoms with E-state index in [1.165, 1.54) is 31.5 Å². The third-order valence-electron chi connectivity index (χ3n) is 9.00. The molecular formula is C36H32N6O5S. The van der Waals surface area contributed by atoms with Gasteiger partial charge in [0.1, 0.15) is 16.4 Å². The fourth-order valence-electron chi connectivity index (χ4n) is 6.86. The van der Waals surface area contributed by atoms with Crippen molar-refractivity contribution in [1.29, 1.82) is 5.26 Å². The molecule has 1 atom stereocenters. The Labute approximate surface area is 278 Å². The van der Waals surface area contributed by atoms with Gasteiger partial charge in [-0.2, -0.15) is 5.26 Å². The first-order chi connectivity index (χ1) is 23.3. The van der Waals surface area contributed by atoms with Gasteiger partial charge in [0.25, 0.3) is 15.9 Å². The summed E-state index contributed by atoms with van der Waals surface area (Å²) >= 11 is 0. The van der Waals surface area contributed by atoms with Gasteiger partial charge < -0.3 is 14.4 Å². The molecule has 2 aliphatic rings. The number of anilines is 2. The van der Waals surface area contributed by atoms with Crippen LogP contribution in [0.25, 0.3) is 10.9 Å². The second kappa shape index (κ2) is 12.3. The molecule has 1 saturated heterocycles. The first-order valence-corrected chi connectivity index (χ1v) is 17.0. The maximum atomic E-state index is 15.5. The number of nitrogens with zero attached hydrogens (tertiary/aromatic N) is 6. The van der Waals surface area contributed by atoms with Gasteiger partial charge in [0.2, 0.25) is 0 Å². The van der Waals surface area contributed by atoms with Crippen molar-refractivity contribution in [3.05, 3.63) is 114 Å². The van der Waals surface area contributed by atoms with E-state index in [1.807, 2.05) is 24.0 Å². The highest BCUT2D eigenvalue weighted by Crippen LogP contribution is 2.54. The van der Waals surface area contributed by atoms with Gasteiger partial charge in [0, 0.05) is 67.0 Å². The Balaban J connectivity index is 1.48. The van der Waals surface area contributed by atoms with Crippen molar-refractivity contribution < 1.29 is 22.7 Å². The Morgan fingerprint density at radius 3 is 2.42 bits per heavy atom. The topological polar surface area (TPSA) is 129 Å². The number of rotatable bonds is 8. The number of sulfonamides is 1. The Kier molecular flexibility index (Phi) is 7.94. The average Bonchev–Trinajstić information content (AvgIpc) is 3.40. The summed E-state index contributed by atoms with van der Waals surface area (Å²) in [6.07, 6.45) is 5.00. The summed E-state index contributed by atoms with van der Waals surface area (Å²) in [4.78, 5) is 28.2. The number of hydrogen-bond acceptors (Lipinski definition) is 10. The summed E-state index contributed by atoms with van der Waals surface area (Å²) in [5, 5.41) is 10.7. The number of methoxy groups -OCH3 is 1. The minimum Gasteiger partial charge on any atom is -0.497 e. The minimum absolute atomic E-state index is 0.0989. The zero-order valence-corrected chi connectivity index (χ0v) is 27.2. The standard InChI is InChI=1S/C36H32N6O5S/c1-3-47-32-12-10-28(46-2)23-30(32)36(41-20-18-40(19-21-41)27-13-16-38-17-14-27)29-22-25(24-37)9-11-31(29)42(35(36)43)48(44,45)33-8-4-6-26-7-5-15-39-34(26)33/h4-17,22-23H,3,18-21H2,1-2H3. The number of amides is 1. The van der Waals surface area contributed by atoms with Crippen LogP contribution in [0.2, 0.25) is 0 Å². The second-order valence-corrected chi connectivity index (χ2v) is 13.2. The lowest BCUT2D eigenvalue weighted by atomic mass is 9.80. The fourth-order valence-corrected chi connectivity index (χ4v) is 8.49. The van der Waals surface area contributed by atoms with Gasteiger partial charge in [0.15, 0.2) is 5.54 Å². The van der Waals surface area contributed by atoms with E-state index in [0.717, 1.165) is 9.99 Å². The van der Waals surface area contributed by atoms with E-state index in [-0.39, 0.29) is 21.7 Å². The zero-order valence-electron chi connectivity index (χ0n) is 26.4. The average molecular weight is 661 g/mol. The number of para-hydroxylation sites is 1. The molecule has 11 nitrogen and oxygen atoms in total. The Morgan fingerprint density at radius 1 is 0.917 bits per heavy atom. The van der Waals surface area contributed by atoms with Crippen molar-refractivity contribution in [3.63, 3.8) is 0 Å². The van der Waals surface area contributed by atoms with Crippen LogP contribution in [-0.4, -0.2) is 69.1 Å².